The summed E-state index contributed by atoms with van der Waals surface area (Å²) in [7, 11) is 0. The van der Waals surface area contributed by atoms with E-state index in [0.29, 0.717) is 6.04 Å². The molecule has 0 fully saturated rings. The van der Waals surface area contributed by atoms with Gasteiger partial charge in [-0.05, 0) is 52.7 Å². The third kappa shape index (κ3) is 6.85. The van der Waals surface area contributed by atoms with Crippen LogP contribution in [-0.2, 0) is 6.42 Å². The van der Waals surface area contributed by atoms with E-state index in [0.717, 1.165) is 18.2 Å². The van der Waals surface area contributed by atoms with E-state index in [-0.39, 0.29) is 0 Å². The minimum absolute atomic E-state index is 0.605. The van der Waals surface area contributed by atoms with Crippen LogP contribution in [0, 0.1) is 0 Å². The van der Waals surface area contributed by atoms with Crippen LogP contribution in [0.25, 0.3) is 0 Å². The van der Waals surface area contributed by atoms with Gasteiger partial charge in [0.1, 0.15) is 0 Å². The molecule has 0 saturated heterocycles. The van der Waals surface area contributed by atoms with Gasteiger partial charge in [-0.2, -0.15) is 11.8 Å². The fourth-order valence-corrected chi connectivity index (χ4v) is 3.97. The molecular weight excluding hydrogens is 314 g/mol. The average molecular weight is 336 g/mol. The van der Waals surface area contributed by atoms with Crippen molar-refractivity contribution in [1.29, 1.82) is 0 Å². The molecule has 1 aromatic rings. The number of rotatable bonds is 8. The van der Waals surface area contributed by atoms with Crippen molar-refractivity contribution in [3.05, 3.63) is 20.8 Å². The van der Waals surface area contributed by atoms with E-state index in [1.54, 1.807) is 0 Å². The Kier molecular flexibility index (Phi) is 7.84. The van der Waals surface area contributed by atoms with Crippen molar-refractivity contribution in [3.8, 4) is 0 Å². The smallest absolute Gasteiger partial charge is 0.0701 e. The highest BCUT2D eigenvalue weighted by Crippen LogP contribution is 2.24. The summed E-state index contributed by atoms with van der Waals surface area (Å²) in [5.41, 5.74) is 0. The van der Waals surface area contributed by atoms with Crippen molar-refractivity contribution < 1.29 is 0 Å². The normalized spacial score (nSPS) is 13.2. The lowest BCUT2D eigenvalue weighted by Gasteiger charge is -2.18. The average Bonchev–Trinajstić information content (AvgIpc) is 2.68. The molecule has 1 atom stereocenters. The first-order chi connectivity index (χ1) is 8.11. The first-order valence-corrected chi connectivity index (χ1v) is 8.86. The van der Waals surface area contributed by atoms with Crippen molar-refractivity contribution in [1.82, 2.24) is 5.32 Å². The number of thioether (sulfide) groups is 1. The fourth-order valence-electron chi connectivity index (χ4n) is 1.55. The van der Waals surface area contributed by atoms with Gasteiger partial charge in [-0.3, -0.25) is 0 Å². The maximum Gasteiger partial charge on any atom is 0.0701 e. The minimum Gasteiger partial charge on any atom is -0.313 e. The van der Waals surface area contributed by atoms with Gasteiger partial charge in [0.2, 0.25) is 0 Å². The van der Waals surface area contributed by atoms with Crippen molar-refractivity contribution in [2.24, 2.45) is 0 Å². The van der Waals surface area contributed by atoms with Crippen LogP contribution in [0.3, 0.4) is 0 Å². The zero-order valence-corrected chi connectivity index (χ0v) is 14.1. The fraction of sp³-hybridized carbons (Fsp3) is 0.692. The molecular formula is C13H22BrNS2. The molecule has 0 aliphatic rings. The Balaban J connectivity index is 2.44. The van der Waals surface area contributed by atoms with E-state index in [2.05, 4.69) is 54.2 Å². The van der Waals surface area contributed by atoms with Crippen LogP contribution in [-0.4, -0.2) is 23.6 Å². The number of thiophene rings is 1. The van der Waals surface area contributed by atoms with Gasteiger partial charge in [0.05, 0.1) is 3.79 Å². The summed E-state index contributed by atoms with van der Waals surface area (Å²) in [6.45, 7) is 7.88. The third-order valence-electron chi connectivity index (χ3n) is 2.39. The molecule has 1 unspecified atom stereocenters. The number of nitrogens with one attached hydrogen (secondary N) is 1. The molecule has 17 heavy (non-hydrogen) atoms. The van der Waals surface area contributed by atoms with Crippen molar-refractivity contribution in [3.63, 3.8) is 0 Å². The molecule has 4 heteroatoms. The Morgan fingerprint density at radius 1 is 1.41 bits per heavy atom. The third-order valence-corrected chi connectivity index (χ3v) is 5.30. The highest BCUT2D eigenvalue weighted by Gasteiger charge is 2.11. The van der Waals surface area contributed by atoms with Crippen molar-refractivity contribution >= 4 is 39.0 Å². The molecule has 0 aliphatic heterocycles. The lowest BCUT2D eigenvalue weighted by molar-refractivity contribution is 0.553. The summed E-state index contributed by atoms with van der Waals surface area (Å²) >= 11 is 7.43. The highest BCUT2D eigenvalue weighted by molar-refractivity contribution is 9.11. The van der Waals surface area contributed by atoms with Gasteiger partial charge >= 0.3 is 0 Å². The largest absolute Gasteiger partial charge is 0.313 e. The lowest BCUT2D eigenvalue weighted by atomic mass is 10.2. The predicted molar refractivity (Wildman–Crippen MR) is 85.4 cm³/mol. The highest BCUT2D eigenvalue weighted by atomic mass is 79.9. The van der Waals surface area contributed by atoms with Gasteiger partial charge in [0.25, 0.3) is 0 Å². The second kappa shape index (κ2) is 8.57. The maximum atomic E-state index is 3.65. The summed E-state index contributed by atoms with van der Waals surface area (Å²) in [6.07, 6.45) is 2.35. The first kappa shape index (κ1) is 15.5. The zero-order valence-electron chi connectivity index (χ0n) is 10.8. The standard InChI is InChI=1S/C13H22BrNS2/c1-4-7-15-11(9-16-10(2)3)8-12-5-6-13(14)17-12/h5-6,10-11,15H,4,7-9H2,1-3H3. The second-order valence-corrected chi connectivity index (χ2v) is 8.60. The number of hydrogen-bond acceptors (Lipinski definition) is 3. The van der Waals surface area contributed by atoms with Gasteiger partial charge in [-0.25, -0.2) is 0 Å². The first-order valence-electron chi connectivity index (χ1n) is 6.21. The SMILES string of the molecule is CCCNC(CSC(C)C)Cc1ccc(Br)s1. The molecule has 0 bridgehead atoms. The number of halogens is 1. The monoisotopic (exact) mass is 335 g/mol. The van der Waals surface area contributed by atoms with E-state index in [4.69, 9.17) is 0 Å². The van der Waals surface area contributed by atoms with Gasteiger partial charge in [-0.15, -0.1) is 11.3 Å². The molecule has 1 rings (SSSR count). The summed E-state index contributed by atoms with van der Waals surface area (Å²) in [5.74, 6) is 1.20. The Bertz CT molecular complexity index is 312. The summed E-state index contributed by atoms with van der Waals surface area (Å²) in [5, 5.41) is 4.37. The van der Waals surface area contributed by atoms with E-state index in [9.17, 15) is 0 Å². The minimum atomic E-state index is 0.605. The van der Waals surface area contributed by atoms with E-state index in [1.165, 1.54) is 20.8 Å². The van der Waals surface area contributed by atoms with Crippen LogP contribution in [0.2, 0.25) is 0 Å². The summed E-state index contributed by atoms with van der Waals surface area (Å²) < 4.78 is 1.23. The van der Waals surface area contributed by atoms with Crippen LogP contribution in [0.5, 0.6) is 0 Å². The molecule has 0 aromatic carbocycles. The van der Waals surface area contributed by atoms with Crippen LogP contribution in [0.15, 0.2) is 15.9 Å². The molecule has 0 amide bonds. The molecule has 1 nitrogen and oxygen atoms in total. The molecule has 1 N–H and O–H groups in total. The van der Waals surface area contributed by atoms with E-state index >= 15 is 0 Å². The molecule has 0 saturated carbocycles. The zero-order chi connectivity index (χ0) is 12.7. The molecule has 1 heterocycles. The maximum absolute atomic E-state index is 3.65. The van der Waals surface area contributed by atoms with Crippen molar-refractivity contribution in [2.45, 2.75) is 44.9 Å². The molecule has 0 spiro atoms. The van der Waals surface area contributed by atoms with Gasteiger partial charge in [0.15, 0.2) is 0 Å². The topological polar surface area (TPSA) is 12.0 Å². The van der Waals surface area contributed by atoms with E-state index < -0.39 is 0 Å². The Morgan fingerprint density at radius 3 is 2.71 bits per heavy atom. The van der Waals surface area contributed by atoms with E-state index in [1.807, 2.05) is 23.1 Å². The quantitative estimate of drug-likeness (QED) is 0.747. The molecule has 0 aliphatic carbocycles. The molecule has 1 aromatic heterocycles. The summed E-state index contributed by atoms with van der Waals surface area (Å²) in [4.78, 5) is 1.47. The molecule has 0 radical (unpaired) electrons. The summed E-state index contributed by atoms with van der Waals surface area (Å²) in [6, 6.07) is 4.98. The molecule has 98 valence electrons. The van der Waals surface area contributed by atoms with Gasteiger partial charge in [0, 0.05) is 16.7 Å². The van der Waals surface area contributed by atoms with Crippen molar-refractivity contribution in [2.75, 3.05) is 12.3 Å². The van der Waals surface area contributed by atoms with Gasteiger partial charge in [-0.1, -0.05) is 20.8 Å². The lowest BCUT2D eigenvalue weighted by Crippen LogP contribution is -2.34. The van der Waals surface area contributed by atoms with Crippen LogP contribution in [0.1, 0.15) is 32.1 Å². The Hall–Kier alpha value is 0.490. The second-order valence-electron chi connectivity index (χ2n) is 4.44. The Morgan fingerprint density at radius 2 is 2.18 bits per heavy atom. The Labute approximate surface area is 122 Å². The van der Waals surface area contributed by atoms with Crippen LogP contribution in [0.4, 0.5) is 0 Å². The predicted octanol–water partition coefficient (Wildman–Crippen LogP) is 4.56. The van der Waals surface area contributed by atoms with Gasteiger partial charge < -0.3 is 5.32 Å². The number of hydrogen-bond donors (Lipinski definition) is 1. The van der Waals surface area contributed by atoms with Crippen LogP contribution >= 0.6 is 39.0 Å². The van der Waals surface area contributed by atoms with Crippen LogP contribution < -0.4 is 5.32 Å².